The summed E-state index contributed by atoms with van der Waals surface area (Å²) in [6, 6.07) is 4.68. The maximum atomic E-state index is 12.3. The number of methoxy groups -OCH3 is 1. The number of nitrogens with zero attached hydrogens (tertiary/aromatic N) is 1. The Bertz CT molecular complexity index is 1130. The van der Waals surface area contributed by atoms with Crippen LogP contribution in [0.1, 0.15) is 19.8 Å². The van der Waals surface area contributed by atoms with Crippen LogP contribution >= 0.6 is 23.2 Å². The summed E-state index contributed by atoms with van der Waals surface area (Å²) in [5.74, 6) is 0.320. The Morgan fingerprint density at radius 1 is 1.23 bits per heavy atom. The molecule has 0 aliphatic rings. The fraction of sp³-hybridized carbons (Fsp3) is 0.286. The molecule has 3 aromatic rings. The average molecular weight is 467 g/mol. The van der Waals surface area contributed by atoms with Crippen molar-refractivity contribution in [2.45, 2.75) is 19.8 Å². The van der Waals surface area contributed by atoms with Gasteiger partial charge >= 0.3 is 11.6 Å². The lowest BCUT2D eigenvalue weighted by Gasteiger charge is -2.15. The monoisotopic (exact) mass is 466 g/mol. The van der Waals surface area contributed by atoms with Gasteiger partial charge in [-0.05, 0) is 25.5 Å². The molecule has 0 bridgehead atoms. The number of benzene rings is 1. The summed E-state index contributed by atoms with van der Waals surface area (Å²) >= 11 is 12.4. The van der Waals surface area contributed by atoms with E-state index in [1.165, 1.54) is 25.6 Å². The van der Waals surface area contributed by atoms with Crippen molar-refractivity contribution < 1.29 is 23.4 Å². The van der Waals surface area contributed by atoms with Gasteiger partial charge in [-0.3, -0.25) is 9.78 Å². The van der Waals surface area contributed by atoms with Crippen LogP contribution in [0, 0.1) is 0 Å². The molecule has 0 radical (unpaired) electrons. The largest absolute Gasteiger partial charge is 0.493 e. The lowest BCUT2D eigenvalue weighted by molar-refractivity contribution is -0.143. The summed E-state index contributed by atoms with van der Waals surface area (Å²) in [6.45, 7) is 2.26. The van der Waals surface area contributed by atoms with Gasteiger partial charge in [0.25, 0.3) is 0 Å². The third kappa shape index (κ3) is 5.39. The van der Waals surface area contributed by atoms with Gasteiger partial charge in [0, 0.05) is 30.3 Å². The van der Waals surface area contributed by atoms with Gasteiger partial charge in [-0.2, -0.15) is 0 Å². The number of carbonyl (C=O) groups is 1. The van der Waals surface area contributed by atoms with Crippen LogP contribution in [-0.2, 0) is 9.53 Å². The first-order valence-corrected chi connectivity index (χ1v) is 10.2. The number of rotatable bonds is 9. The summed E-state index contributed by atoms with van der Waals surface area (Å²) in [5.41, 5.74) is 0.394. The molecule has 0 spiro atoms. The van der Waals surface area contributed by atoms with Crippen molar-refractivity contribution in [3.05, 3.63) is 51.1 Å². The Labute approximate surface area is 188 Å². The molecule has 2 aromatic heterocycles. The zero-order valence-electron chi connectivity index (χ0n) is 16.9. The van der Waals surface area contributed by atoms with Crippen LogP contribution in [0.4, 0.5) is 11.4 Å². The molecule has 3 rings (SSSR count). The molecule has 0 aliphatic heterocycles. The van der Waals surface area contributed by atoms with E-state index in [0.29, 0.717) is 35.5 Å². The van der Waals surface area contributed by atoms with Crippen molar-refractivity contribution in [1.82, 2.24) is 4.98 Å². The number of hydrogen-bond acceptors (Lipinski definition) is 8. The number of hydrogen-bond donors (Lipinski definition) is 1. The van der Waals surface area contributed by atoms with E-state index in [1.807, 2.05) is 0 Å². The molecule has 10 heteroatoms. The first kappa shape index (κ1) is 22.7. The van der Waals surface area contributed by atoms with E-state index in [1.54, 1.807) is 19.1 Å². The van der Waals surface area contributed by atoms with Gasteiger partial charge in [0.05, 0.1) is 41.7 Å². The van der Waals surface area contributed by atoms with E-state index >= 15 is 0 Å². The van der Waals surface area contributed by atoms with E-state index in [2.05, 4.69) is 10.3 Å². The van der Waals surface area contributed by atoms with Gasteiger partial charge in [-0.15, -0.1) is 0 Å². The maximum absolute atomic E-state index is 12.3. The Morgan fingerprint density at radius 3 is 2.65 bits per heavy atom. The lowest BCUT2D eigenvalue weighted by atomic mass is 10.1. The smallest absolute Gasteiger partial charge is 0.338 e. The Hall–Kier alpha value is -2.97. The Kier molecular flexibility index (Phi) is 7.59. The van der Waals surface area contributed by atoms with Crippen LogP contribution in [0.15, 0.2) is 39.8 Å². The third-order valence-corrected chi connectivity index (χ3v) is 4.81. The molecule has 0 saturated carbocycles. The molecule has 0 fully saturated rings. The highest BCUT2D eigenvalue weighted by atomic mass is 35.5. The maximum Gasteiger partial charge on any atom is 0.338 e. The zero-order valence-corrected chi connectivity index (χ0v) is 18.4. The second-order valence-corrected chi connectivity index (χ2v) is 7.13. The van der Waals surface area contributed by atoms with E-state index in [-0.39, 0.29) is 40.4 Å². The number of ether oxygens (including phenoxy) is 3. The number of pyridine rings is 1. The predicted molar refractivity (Wildman–Crippen MR) is 118 cm³/mol. The van der Waals surface area contributed by atoms with Crippen LogP contribution in [0.2, 0.25) is 10.0 Å². The van der Waals surface area contributed by atoms with Crippen LogP contribution in [-0.4, -0.2) is 31.3 Å². The fourth-order valence-corrected chi connectivity index (χ4v) is 3.33. The molecule has 1 aromatic carbocycles. The molecule has 1 N–H and O–H groups in total. The first-order chi connectivity index (χ1) is 14.9. The quantitative estimate of drug-likeness (QED) is 0.268. The standard InChI is InChI=1S/C21H20Cl2N2O6/c1-3-29-17(26)5-4-8-30-21-16(28-2)7-6-12-15(9-18(27)31-20(12)21)25-19-13(22)10-24-11-14(19)23/h6-7,9-11H,3-5,8H2,1-2H3,(H,24,25). The van der Waals surface area contributed by atoms with Crippen LogP contribution in [0.5, 0.6) is 11.5 Å². The highest BCUT2D eigenvalue weighted by Crippen LogP contribution is 2.40. The number of fused-ring (bicyclic) bond motifs is 1. The minimum absolute atomic E-state index is 0.187. The average Bonchev–Trinajstić information content (AvgIpc) is 2.74. The lowest BCUT2D eigenvalue weighted by Crippen LogP contribution is -2.08. The summed E-state index contributed by atoms with van der Waals surface area (Å²) in [7, 11) is 1.48. The number of carbonyl (C=O) groups excluding carboxylic acids is 1. The number of halogens is 2. The summed E-state index contributed by atoms with van der Waals surface area (Å²) in [6.07, 6.45) is 3.49. The highest BCUT2D eigenvalue weighted by molar-refractivity contribution is 6.39. The normalized spacial score (nSPS) is 10.7. The third-order valence-electron chi connectivity index (χ3n) is 4.24. The molecule has 8 nitrogen and oxygen atoms in total. The first-order valence-electron chi connectivity index (χ1n) is 9.43. The SMILES string of the molecule is CCOC(=O)CCCOc1c(OC)ccc2c(Nc3c(Cl)cncc3Cl)cc(=O)oc12. The van der Waals surface area contributed by atoms with E-state index in [0.717, 1.165) is 0 Å². The van der Waals surface area contributed by atoms with Crippen molar-refractivity contribution >= 4 is 51.5 Å². The van der Waals surface area contributed by atoms with E-state index in [9.17, 15) is 9.59 Å². The molecule has 0 amide bonds. The molecule has 0 aliphatic carbocycles. The number of anilines is 2. The molecule has 2 heterocycles. The molecule has 0 saturated heterocycles. The van der Waals surface area contributed by atoms with Gasteiger partial charge in [-0.1, -0.05) is 23.2 Å². The van der Waals surface area contributed by atoms with Crippen molar-refractivity contribution in [3.63, 3.8) is 0 Å². The van der Waals surface area contributed by atoms with Crippen molar-refractivity contribution in [2.75, 3.05) is 25.6 Å². The molecular weight excluding hydrogens is 447 g/mol. The van der Waals surface area contributed by atoms with Crippen LogP contribution in [0.3, 0.4) is 0 Å². The van der Waals surface area contributed by atoms with Gasteiger partial charge in [-0.25, -0.2) is 4.79 Å². The molecule has 0 unspecified atom stereocenters. The van der Waals surface area contributed by atoms with Crippen molar-refractivity contribution in [2.24, 2.45) is 0 Å². The zero-order chi connectivity index (χ0) is 22.4. The topological polar surface area (TPSA) is 99.9 Å². The van der Waals surface area contributed by atoms with Gasteiger partial charge in [0.1, 0.15) is 0 Å². The van der Waals surface area contributed by atoms with Gasteiger partial charge in [0.15, 0.2) is 11.3 Å². The molecule has 31 heavy (non-hydrogen) atoms. The van der Waals surface area contributed by atoms with Gasteiger partial charge < -0.3 is 23.9 Å². The predicted octanol–water partition coefficient (Wildman–Crippen LogP) is 4.97. The fourth-order valence-electron chi connectivity index (χ4n) is 2.87. The molecular formula is C21H20Cl2N2O6. The van der Waals surface area contributed by atoms with E-state index in [4.69, 9.17) is 41.8 Å². The molecule has 0 atom stereocenters. The highest BCUT2D eigenvalue weighted by Gasteiger charge is 2.18. The number of esters is 1. The van der Waals surface area contributed by atoms with Gasteiger partial charge in [0.2, 0.25) is 5.75 Å². The summed E-state index contributed by atoms with van der Waals surface area (Å²) < 4.78 is 21.5. The number of aromatic nitrogens is 1. The minimum Gasteiger partial charge on any atom is -0.493 e. The summed E-state index contributed by atoms with van der Waals surface area (Å²) in [5, 5.41) is 4.19. The van der Waals surface area contributed by atoms with E-state index < -0.39 is 5.63 Å². The van der Waals surface area contributed by atoms with Crippen LogP contribution < -0.4 is 20.4 Å². The molecule has 164 valence electrons. The van der Waals surface area contributed by atoms with Crippen molar-refractivity contribution in [3.8, 4) is 11.5 Å². The minimum atomic E-state index is -0.610. The Morgan fingerprint density at radius 2 is 1.97 bits per heavy atom. The second-order valence-electron chi connectivity index (χ2n) is 6.31. The van der Waals surface area contributed by atoms with Crippen molar-refractivity contribution in [1.29, 1.82) is 0 Å². The summed E-state index contributed by atoms with van der Waals surface area (Å²) in [4.78, 5) is 27.7. The van der Waals surface area contributed by atoms with Crippen LogP contribution in [0.25, 0.3) is 11.0 Å². The second kappa shape index (κ2) is 10.4. The number of nitrogens with one attached hydrogen (secondary N) is 1. The Balaban J connectivity index is 1.95.